The molecule has 116 valence electrons. The van der Waals surface area contributed by atoms with Gasteiger partial charge in [0, 0.05) is 6.61 Å². The van der Waals surface area contributed by atoms with Gasteiger partial charge in [0.25, 0.3) is 0 Å². The molecule has 1 saturated carbocycles. The Morgan fingerprint density at radius 3 is 2.14 bits per heavy atom. The lowest BCUT2D eigenvalue weighted by Crippen LogP contribution is -2.00. The van der Waals surface area contributed by atoms with Gasteiger partial charge >= 0.3 is 0 Å². The Kier molecular flexibility index (Phi) is 5.29. The van der Waals surface area contributed by atoms with E-state index in [1.54, 1.807) is 0 Å². The first-order chi connectivity index (χ1) is 10.8. The number of aliphatic hydroxyl groups is 1. The average Bonchev–Trinajstić information content (AvgIpc) is 3.06. The van der Waals surface area contributed by atoms with Gasteiger partial charge in [-0.3, -0.25) is 0 Å². The van der Waals surface area contributed by atoms with E-state index in [9.17, 15) is 5.11 Å². The number of benzene rings is 2. The molecule has 3 rings (SSSR count). The fourth-order valence-corrected chi connectivity index (χ4v) is 3.64. The van der Waals surface area contributed by atoms with Crippen molar-refractivity contribution in [3.05, 3.63) is 71.3 Å². The highest BCUT2D eigenvalue weighted by Crippen LogP contribution is 2.37. The zero-order valence-corrected chi connectivity index (χ0v) is 13.2. The van der Waals surface area contributed by atoms with Crippen LogP contribution in [0.5, 0.6) is 0 Å². The van der Waals surface area contributed by atoms with Crippen LogP contribution in [0.25, 0.3) is 0 Å². The highest BCUT2D eigenvalue weighted by Gasteiger charge is 2.24. The van der Waals surface area contributed by atoms with Crippen molar-refractivity contribution in [3.8, 4) is 0 Å². The molecule has 1 nitrogen and oxygen atoms in total. The van der Waals surface area contributed by atoms with Crippen molar-refractivity contribution < 1.29 is 5.11 Å². The number of hydrogen-bond donors (Lipinski definition) is 1. The van der Waals surface area contributed by atoms with Crippen molar-refractivity contribution >= 4 is 0 Å². The zero-order chi connectivity index (χ0) is 15.2. The van der Waals surface area contributed by atoms with Crippen LogP contribution in [-0.4, -0.2) is 11.7 Å². The largest absolute Gasteiger partial charge is 0.396 e. The molecule has 0 amide bonds. The quantitative estimate of drug-likeness (QED) is 0.816. The Bertz CT molecular complexity index is 558. The monoisotopic (exact) mass is 294 g/mol. The number of rotatable bonds is 6. The molecule has 0 saturated heterocycles. The fraction of sp³-hybridized carbons (Fsp3) is 0.429. The molecule has 1 fully saturated rings. The molecule has 1 aliphatic carbocycles. The van der Waals surface area contributed by atoms with Gasteiger partial charge in [0.05, 0.1) is 0 Å². The molecule has 2 unspecified atom stereocenters. The van der Waals surface area contributed by atoms with Crippen LogP contribution < -0.4 is 0 Å². The highest BCUT2D eigenvalue weighted by molar-refractivity contribution is 5.26. The molecule has 0 aliphatic heterocycles. The molecular formula is C21H26O. The predicted octanol–water partition coefficient (Wildman–Crippen LogP) is 4.74. The maximum atomic E-state index is 9.27. The molecule has 0 aromatic heterocycles. The molecule has 0 radical (unpaired) electrons. The van der Waals surface area contributed by atoms with Gasteiger partial charge in [-0.15, -0.1) is 0 Å². The molecule has 1 aliphatic rings. The predicted molar refractivity (Wildman–Crippen MR) is 92.1 cm³/mol. The van der Waals surface area contributed by atoms with E-state index < -0.39 is 0 Å². The summed E-state index contributed by atoms with van der Waals surface area (Å²) in [4.78, 5) is 0. The van der Waals surface area contributed by atoms with Crippen LogP contribution in [0.2, 0.25) is 0 Å². The summed E-state index contributed by atoms with van der Waals surface area (Å²) in [5.41, 5.74) is 4.33. The summed E-state index contributed by atoms with van der Waals surface area (Å²) in [6.45, 7) is 0.355. The van der Waals surface area contributed by atoms with Crippen LogP contribution in [0.15, 0.2) is 54.6 Å². The lowest BCUT2D eigenvalue weighted by atomic mass is 9.94. The van der Waals surface area contributed by atoms with Crippen LogP contribution in [-0.2, 0) is 12.8 Å². The molecule has 0 bridgehead atoms. The van der Waals surface area contributed by atoms with Gasteiger partial charge in [0.15, 0.2) is 0 Å². The minimum Gasteiger partial charge on any atom is -0.396 e. The highest BCUT2D eigenvalue weighted by atomic mass is 16.3. The van der Waals surface area contributed by atoms with Gasteiger partial charge in [-0.2, -0.15) is 0 Å². The summed E-state index contributed by atoms with van der Waals surface area (Å²) in [5.74, 6) is 1.19. The van der Waals surface area contributed by atoms with E-state index in [1.165, 1.54) is 36.0 Å². The van der Waals surface area contributed by atoms with Crippen molar-refractivity contribution in [2.24, 2.45) is 5.92 Å². The smallest absolute Gasteiger partial charge is 0.0459 e. The Hall–Kier alpha value is -1.60. The summed E-state index contributed by atoms with van der Waals surface area (Å²) in [6.07, 6.45) is 7.09. The molecule has 22 heavy (non-hydrogen) atoms. The third kappa shape index (κ3) is 3.98. The van der Waals surface area contributed by atoms with E-state index in [0.29, 0.717) is 18.4 Å². The fourth-order valence-electron chi connectivity index (χ4n) is 3.64. The summed E-state index contributed by atoms with van der Waals surface area (Å²) >= 11 is 0. The molecule has 2 atom stereocenters. The Labute approximate surface area is 134 Å². The Morgan fingerprint density at radius 1 is 0.818 bits per heavy atom. The first-order valence-corrected chi connectivity index (χ1v) is 8.59. The molecule has 2 aromatic carbocycles. The first-order valence-electron chi connectivity index (χ1n) is 8.59. The SMILES string of the molecule is OCC1CCC(c2ccc(CCCc3ccccc3)cc2)C1. The number of aryl methyl sites for hydroxylation is 2. The van der Waals surface area contributed by atoms with Gasteiger partial charge in [0.2, 0.25) is 0 Å². The summed E-state index contributed by atoms with van der Waals surface area (Å²) in [6, 6.07) is 19.9. The van der Waals surface area contributed by atoms with Gasteiger partial charge < -0.3 is 5.11 Å². The van der Waals surface area contributed by atoms with Crippen molar-refractivity contribution in [1.29, 1.82) is 0 Å². The van der Waals surface area contributed by atoms with Crippen LogP contribution in [0.4, 0.5) is 0 Å². The van der Waals surface area contributed by atoms with Crippen molar-refractivity contribution in [3.63, 3.8) is 0 Å². The summed E-state index contributed by atoms with van der Waals surface area (Å²) in [7, 11) is 0. The maximum Gasteiger partial charge on any atom is 0.0459 e. The molecular weight excluding hydrogens is 268 g/mol. The lowest BCUT2D eigenvalue weighted by molar-refractivity contribution is 0.229. The second-order valence-corrected chi connectivity index (χ2v) is 6.64. The lowest BCUT2D eigenvalue weighted by Gasteiger charge is -2.11. The molecule has 0 heterocycles. The van der Waals surface area contributed by atoms with Gasteiger partial charge in [-0.1, -0.05) is 54.6 Å². The minimum absolute atomic E-state index is 0.355. The Balaban J connectivity index is 1.49. The van der Waals surface area contributed by atoms with E-state index in [-0.39, 0.29) is 0 Å². The van der Waals surface area contributed by atoms with Gasteiger partial charge in [0.1, 0.15) is 0 Å². The van der Waals surface area contributed by atoms with E-state index in [1.807, 2.05) is 0 Å². The standard InChI is InChI=1S/C21H26O/c22-16-19-11-14-21(15-19)20-12-9-18(10-13-20)8-4-7-17-5-2-1-3-6-17/h1-3,5-6,9-10,12-13,19,21-22H,4,7-8,11,14-16H2. The van der Waals surface area contributed by atoms with Crippen LogP contribution in [0, 0.1) is 5.92 Å². The van der Waals surface area contributed by atoms with Crippen LogP contribution >= 0.6 is 0 Å². The van der Waals surface area contributed by atoms with Crippen LogP contribution in [0.1, 0.15) is 48.3 Å². The molecule has 1 N–H and O–H groups in total. The zero-order valence-electron chi connectivity index (χ0n) is 13.2. The maximum absolute atomic E-state index is 9.27. The van der Waals surface area contributed by atoms with Crippen molar-refractivity contribution in [2.75, 3.05) is 6.61 Å². The van der Waals surface area contributed by atoms with E-state index in [0.717, 1.165) is 19.3 Å². The van der Waals surface area contributed by atoms with E-state index in [2.05, 4.69) is 54.6 Å². The third-order valence-corrected chi connectivity index (χ3v) is 5.02. The van der Waals surface area contributed by atoms with E-state index in [4.69, 9.17) is 0 Å². The van der Waals surface area contributed by atoms with Gasteiger partial charge in [-0.25, -0.2) is 0 Å². The minimum atomic E-state index is 0.355. The molecule has 0 spiro atoms. The second-order valence-electron chi connectivity index (χ2n) is 6.64. The van der Waals surface area contributed by atoms with Crippen molar-refractivity contribution in [1.82, 2.24) is 0 Å². The Morgan fingerprint density at radius 2 is 1.50 bits per heavy atom. The average molecular weight is 294 g/mol. The number of aliphatic hydroxyl groups excluding tert-OH is 1. The number of hydrogen-bond acceptors (Lipinski definition) is 1. The topological polar surface area (TPSA) is 20.2 Å². The van der Waals surface area contributed by atoms with Gasteiger partial charge in [-0.05, 0) is 67.1 Å². The van der Waals surface area contributed by atoms with Crippen LogP contribution in [0.3, 0.4) is 0 Å². The summed E-state index contributed by atoms with van der Waals surface area (Å²) in [5, 5.41) is 9.27. The summed E-state index contributed by atoms with van der Waals surface area (Å²) < 4.78 is 0. The normalized spacial score (nSPS) is 21.1. The second kappa shape index (κ2) is 7.60. The van der Waals surface area contributed by atoms with E-state index >= 15 is 0 Å². The van der Waals surface area contributed by atoms with Crippen molar-refractivity contribution in [2.45, 2.75) is 44.4 Å². The third-order valence-electron chi connectivity index (χ3n) is 5.02. The molecule has 2 aromatic rings. The first kappa shape index (κ1) is 15.3. The molecule has 1 heteroatoms.